The molecule has 0 aliphatic carbocycles. The summed E-state index contributed by atoms with van der Waals surface area (Å²) in [6, 6.07) is 7.85. The number of hydrogen-bond donors (Lipinski definition) is 2. The summed E-state index contributed by atoms with van der Waals surface area (Å²) in [4.78, 5) is 2.16. The maximum Gasteiger partial charge on any atom is 0.0936 e. The third-order valence-corrected chi connectivity index (χ3v) is 3.72. The first kappa shape index (κ1) is 13.3. The van der Waals surface area contributed by atoms with Gasteiger partial charge in [-0.05, 0) is 26.5 Å². The summed E-state index contributed by atoms with van der Waals surface area (Å²) < 4.78 is 5.55. The van der Waals surface area contributed by atoms with Crippen LogP contribution in [0.15, 0.2) is 24.3 Å². The van der Waals surface area contributed by atoms with Crippen molar-refractivity contribution in [3.63, 3.8) is 0 Å². The van der Waals surface area contributed by atoms with E-state index in [2.05, 4.69) is 11.8 Å². The molecule has 1 aliphatic heterocycles. The largest absolute Gasteiger partial charge is 0.398 e. The van der Waals surface area contributed by atoms with Gasteiger partial charge in [0.15, 0.2) is 0 Å². The Morgan fingerprint density at radius 1 is 1.50 bits per heavy atom. The van der Waals surface area contributed by atoms with E-state index < -0.39 is 6.10 Å². The van der Waals surface area contributed by atoms with E-state index in [4.69, 9.17) is 10.5 Å². The molecule has 3 N–H and O–H groups in total. The smallest absolute Gasteiger partial charge is 0.0936 e. The Morgan fingerprint density at radius 2 is 2.22 bits per heavy atom. The Balaban J connectivity index is 1.99. The van der Waals surface area contributed by atoms with E-state index in [1.807, 2.05) is 31.3 Å². The molecule has 100 valence electrons. The van der Waals surface area contributed by atoms with Crippen LogP contribution < -0.4 is 5.73 Å². The summed E-state index contributed by atoms with van der Waals surface area (Å²) in [6.07, 6.45) is 0.702. The van der Waals surface area contributed by atoms with Crippen molar-refractivity contribution in [2.45, 2.75) is 31.6 Å². The first-order valence-electron chi connectivity index (χ1n) is 6.44. The fourth-order valence-corrected chi connectivity index (χ4v) is 2.62. The topological polar surface area (TPSA) is 58.7 Å². The van der Waals surface area contributed by atoms with Crippen LogP contribution in [0.5, 0.6) is 0 Å². The Morgan fingerprint density at radius 3 is 2.83 bits per heavy atom. The van der Waals surface area contributed by atoms with Gasteiger partial charge in [-0.25, -0.2) is 0 Å². The van der Waals surface area contributed by atoms with E-state index in [1.54, 1.807) is 0 Å². The SMILES string of the molecule is CC1OCCC1N(C)CC(O)c1ccccc1N. The number of rotatable bonds is 4. The fraction of sp³-hybridized carbons (Fsp3) is 0.571. The number of nitrogens with two attached hydrogens (primary N) is 1. The molecule has 0 amide bonds. The van der Waals surface area contributed by atoms with Crippen molar-refractivity contribution in [3.05, 3.63) is 29.8 Å². The Bertz CT molecular complexity index is 397. The molecule has 4 nitrogen and oxygen atoms in total. The average Bonchev–Trinajstić information content (AvgIpc) is 2.76. The molecular weight excluding hydrogens is 228 g/mol. The second-order valence-corrected chi connectivity index (χ2v) is 5.02. The summed E-state index contributed by atoms with van der Waals surface area (Å²) >= 11 is 0. The van der Waals surface area contributed by atoms with Crippen LogP contribution in [0.25, 0.3) is 0 Å². The predicted octanol–water partition coefficient (Wildman–Crippen LogP) is 1.41. The van der Waals surface area contributed by atoms with Gasteiger partial charge in [0.2, 0.25) is 0 Å². The molecule has 0 spiro atoms. The van der Waals surface area contributed by atoms with Gasteiger partial charge in [0.25, 0.3) is 0 Å². The van der Waals surface area contributed by atoms with Crippen LogP contribution in [0.2, 0.25) is 0 Å². The molecule has 3 unspecified atom stereocenters. The Kier molecular flexibility index (Phi) is 4.22. The minimum Gasteiger partial charge on any atom is -0.398 e. The minimum absolute atomic E-state index is 0.232. The number of para-hydroxylation sites is 1. The van der Waals surface area contributed by atoms with Gasteiger partial charge >= 0.3 is 0 Å². The standard InChI is InChI=1S/C14H22N2O2/c1-10-13(7-8-18-10)16(2)9-14(17)11-5-3-4-6-12(11)15/h3-6,10,13-14,17H,7-9,15H2,1-2H3. The van der Waals surface area contributed by atoms with Gasteiger partial charge in [-0.1, -0.05) is 18.2 Å². The lowest BCUT2D eigenvalue weighted by molar-refractivity contribution is 0.0581. The summed E-state index contributed by atoms with van der Waals surface area (Å²) in [5.74, 6) is 0. The molecule has 1 aromatic carbocycles. The number of anilines is 1. The highest BCUT2D eigenvalue weighted by atomic mass is 16.5. The molecule has 1 fully saturated rings. The number of hydrogen-bond acceptors (Lipinski definition) is 4. The third-order valence-electron chi connectivity index (χ3n) is 3.72. The lowest BCUT2D eigenvalue weighted by atomic mass is 10.0. The highest BCUT2D eigenvalue weighted by molar-refractivity contribution is 5.47. The van der Waals surface area contributed by atoms with E-state index >= 15 is 0 Å². The second kappa shape index (κ2) is 5.69. The highest BCUT2D eigenvalue weighted by Crippen LogP contribution is 2.24. The molecule has 4 heteroatoms. The zero-order valence-corrected chi connectivity index (χ0v) is 11.0. The van der Waals surface area contributed by atoms with Crippen molar-refractivity contribution in [2.75, 3.05) is 25.9 Å². The third kappa shape index (κ3) is 2.83. The van der Waals surface area contributed by atoms with Crippen LogP contribution in [0.3, 0.4) is 0 Å². The average molecular weight is 250 g/mol. The van der Waals surface area contributed by atoms with Gasteiger partial charge in [0.1, 0.15) is 0 Å². The Labute approximate surface area is 108 Å². The predicted molar refractivity (Wildman–Crippen MR) is 72.3 cm³/mol. The summed E-state index contributed by atoms with van der Waals surface area (Å²) in [5, 5.41) is 10.3. The number of likely N-dealkylation sites (N-methyl/N-ethyl adjacent to an activating group) is 1. The van der Waals surface area contributed by atoms with E-state index in [0.717, 1.165) is 18.6 Å². The quantitative estimate of drug-likeness (QED) is 0.793. The van der Waals surface area contributed by atoms with Crippen LogP contribution in [0.4, 0.5) is 5.69 Å². The zero-order valence-electron chi connectivity index (χ0n) is 11.0. The maximum absolute atomic E-state index is 10.3. The molecule has 3 atom stereocenters. The minimum atomic E-state index is -0.552. The number of aliphatic hydroxyl groups excluding tert-OH is 1. The maximum atomic E-state index is 10.3. The van der Waals surface area contributed by atoms with Gasteiger partial charge in [-0.15, -0.1) is 0 Å². The number of ether oxygens (including phenoxy) is 1. The molecule has 0 aromatic heterocycles. The second-order valence-electron chi connectivity index (χ2n) is 5.02. The van der Waals surface area contributed by atoms with E-state index in [1.165, 1.54) is 0 Å². The molecule has 2 rings (SSSR count). The van der Waals surface area contributed by atoms with Crippen molar-refractivity contribution in [3.8, 4) is 0 Å². The van der Waals surface area contributed by atoms with Crippen molar-refractivity contribution in [1.29, 1.82) is 0 Å². The van der Waals surface area contributed by atoms with E-state index in [9.17, 15) is 5.11 Å². The lowest BCUT2D eigenvalue weighted by Gasteiger charge is -2.29. The molecule has 1 heterocycles. The normalized spacial score (nSPS) is 25.6. The van der Waals surface area contributed by atoms with Gasteiger partial charge in [-0.2, -0.15) is 0 Å². The van der Waals surface area contributed by atoms with Crippen molar-refractivity contribution >= 4 is 5.69 Å². The molecular formula is C14H22N2O2. The number of benzene rings is 1. The number of aliphatic hydroxyl groups is 1. The van der Waals surface area contributed by atoms with Crippen molar-refractivity contribution < 1.29 is 9.84 Å². The monoisotopic (exact) mass is 250 g/mol. The van der Waals surface area contributed by atoms with Crippen molar-refractivity contribution in [2.24, 2.45) is 0 Å². The molecule has 1 saturated heterocycles. The molecule has 18 heavy (non-hydrogen) atoms. The van der Waals surface area contributed by atoms with Crippen molar-refractivity contribution in [1.82, 2.24) is 4.90 Å². The first-order valence-corrected chi connectivity index (χ1v) is 6.44. The fourth-order valence-electron chi connectivity index (χ4n) is 2.62. The molecule has 1 aromatic rings. The summed E-state index contributed by atoms with van der Waals surface area (Å²) in [6.45, 7) is 3.46. The first-order chi connectivity index (χ1) is 8.59. The van der Waals surface area contributed by atoms with Gasteiger partial charge in [0, 0.05) is 30.4 Å². The zero-order chi connectivity index (χ0) is 13.1. The molecule has 1 aliphatic rings. The lowest BCUT2D eigenvalue weighted by Crippen LogP contribution is -2.39. The van der Waals surface area contributed by atoms with Gasteiger partial charge < -0.3 is 15.6 Å². The van der Waals surface area contributed by atoms with Crippen LogP contribution >= 0.6 is 0 Å². The van der Waals surface area contributed by atoms with E-state index in [-0.39, 0.29) is 6.10 Å². The molecule has 0 radical (unpaired) electrons. The number of nitrogen functional groups attached to an aromatic ring is 1. The van der Waals surface area contributed by atoms with Gasteiger partial charge in [0.05, 0.1) is 12.2 Å². The molecule has 0 bridgehead atoms. The Hall–Kier alpha value is -1.10. The van der Waals surface area contributed by atoms with Gasteiger partial charge in [-0.3, -0.25) is 4.90 Å². The summed E-state index contributed by atoms with van der Waals surface area (Å²) in [7, 11) is 2.03. The van der Waals surface area contributed by atoms with Crippen LogP contribution in [0.1, 0.15) is 25.0 Å². The van der Waals surface area contributed by atoms with Crippen LogP contribution in [0, 0.1) is 0 Å². The highest BCUT2D eigenvalue weighted by Gasteiger charge is 2.29. The van der Waals surface area contributed by atoms with Crippen LogP contribution in [-0.4, -0.2) is 42.4 Å². The molecule has 0 saturated carbocycles. The van der Waals surface area contributed by atoms with Crippen LogP contribution in [-0.2, 0) is 4.74 Å². The summed E-state index contributed by atoms with van der Waals surface area (Å²) in [5.41, 5.74) is 7.32. The van der Waals surface area contributed by atoms with E-state index in [0.29, 0.717) is 18.3 Å². The number of nitrogens with zero attached hydrogens (tertiary/aromatic N) is 1.